The number of aryl methyl sites for hydroxylation is 1. The van der Waals surface area contributed by atoms with Crippen LogP contribution in [0.4, 0.5) is 5.82 Å². The molecule has 0 fully saturated rings. The smallest absolute Gasteiger partial charge is 0.128 e. The Hall–Kier alpha value is -1.21. The van der Waals surface area contributed by atoms with Crippen LogP contribution in [0.5, 0.6) is 0 Å². The number of rotatable bonds is 3. The second-order valence-corrected chi connectivity index (χ2v) is 6.98. The molecule has 3 rings (SSSR count). The van der Waals surface area contributed by atoms with E-state index in [2.05, 4.69) is 59.8 Å². The van der Waals surface area contributed by atoms with Crippen molar-refractivity contribution < 1.29 is 0 Å². The van der Waals surface area contributed by atoms with Crippen LogP contribution in [-0.2, 0) is 4.43 Å². The first kappa shape index (κ1) is 14.7. The van der Waals surface area contributed by atoms with Crippen molar-refractivity contribution in [2.24, 2.45) is 0 Å². The summed E-state index contributed by atoms with van der Waals surface area (Å²) in [6.45, 7) is 2.10. The highest BCUT2D eigenvalue weighted by Gasteiger charge is 2.12. The average molecular weight is 409 g/mol. The Bertz CT molecular complexity index is 795. The van der Waals surface area contributed by atoms with Crippen LogP contribution >= 0.6 is 33.9 Å². The summed E-state index contributed by atoms with van der Waals surface area (Å²) >= 11 is 4.10. The number of fused-ring (bicyclic) bond motifs is 1. The molecule has 0 radical (unpaired) electrons. The highest BCUT2D eigenvalue weighted by molar-refractivity contribution is 14.1. The van der Waals surface area contributed by atoms with Gasteiger partial charge >= 0.3 is 0 Å². The topological polar surface area (TPSA) is 29.0 Å². The lowest BCUT2D eigenvalue weighted by Gasteiger charge is -2.13. The minimum Gasteiger partial charge on any atom is -0.363 e. The first-order chi connectivity index (χ1) is 10.1. The van der Waals surface area contributed by atoms with Gasteiger partial charge in [-0.05, 0) is 36.8 Å². The van der Waals surface area contributed by atoms with Crippen molar-refractivity contribution in [3.63, 3.8) is 0 Å². The van der Waals surface area contributed by atoms with Gasteiger partial charge in [0.1, 0.15) is 10.8 Å². The molecule has 21 heavy (non-hydrogen) atoms. The Balaban J connectivity index is 2.13. The lowest BCUT2D eigenvalue weighted by atomic mass is 10.2. The van der Waals surface area contributed by atoms with E-state index < -0.39 is 0 Å². The van der Waals surface area contributed by atoms with Crippen LogP contribution in [0, 0.1) is 6.92 Å². The van der Waals surface area contributed by atoms with Gasteiger partial charge in [-0.3, -0.25) is 0 Å². The molecule has 3 aromatic rings. The standard InChI is InChI=1S/C16H16IN3S/c1-10-4-6-14-12(8-10)19-16(21-14)11-5-7-15(20(2)3)18-13(11)9-17/h4-8H,9H2,1-3H3. The average Bonchev–Trinajstić information content (AvgIpc) is 2.89. The van der Waals surface area contributed by atoms with Crippen molar-refractivity contribution in [3.8, 4) is 10.6 Å². The Morgan fingerprint density at radius 1 is 1.14 bits per heavy atom. The lowest BCUT2D eigenvalue weighted by molar-refractivity contribution is 1.04. The number of hydrogen-bond donors (Lipinski definition) is 0. The maximum absolute atomic E-state index is 4.79. The van der Waals surface area contributed by atoms with E-state index in [0.717, 1.165) is 32.0 Å². The molecule has 5 heteroatoms. The van der Waals surface area contributed by atoms with Gasteiger partial charge in [0, 0.05) is 24.1 Å². The van der Waals surface area contributed by atoms with Gasteiger partial charge in [-0.2, -0.15) is 0 Å². The molecule has 3 nitrogen and oxygen atoms in total. The van der Waals surface area contributed by atoms with Crippen LogP contribution in [0.25, 0.3) is 20.8 Å². The maximum Gasteiger partial charge on any atom is 0.128 e. The van der Waals surface area contributed by atoms with E-state index in [-0.39, 0.29) is 0 Å². The number of anilines is 1. The van der Waals surface area contributed by atoms with Gasteiger partial charge in [-0.25, -0.2) is 9.97 Å². The summed E-state index contributed by atoms with van der Waals surface area (Å²) < 4.78 is 2.11. The van der Waals surface area contributed by atoms with Crippen molar-refractivity contribution >= 4 is 50.0 Å². The molecule has 0 amide bonds. The van der Waals surface area contributed by atoms with Crippen molar-refractivity contribution in [2.45, 2.75) is 11.4 Å². The molecule has 0 aliphatic rings. The Morgan fingerprint density at radius 2 is 1.95 bits per heavy atom. The predicted octanol–water partition coefficient (Wildman–Crippen LogP) is 4.67. The molecule has 1 aromatic carbocycles. The SMILES string of the molecule is Cc1ccc2sc(-c3ccc(N(C)C)nc3CI)nc2c1. The predicted molar refractivity (Wildman–Crippen MR) is 99.6 cm³/mol. The highest BCUT2D eigenvalue weighted by Crippen LogP contribution is 2.33. The monoisotopic (exact) mass is 409 g/mol. The van der Waals surface area contributed by atoms with Crippen molar-refractivity contribution in [3.05, 3.63) is 41.6 Å². The first-order valence-electron chi connectivity index (χ1n) is 6.69. The van der Waals surface area contributed by atoms with Crippen LogP contribution in [0.3, 0.4) is 0 Å². The Kier molecular flexibility index (Phi) is 4.12. The fourth-order valence-electron chi connectivity index (χ4n) is 2.19. The number of hydrogen-bond acceptors (Lipinski definition) is 4. The van der Waals surface area contributed by atoms with Gasteiger partial charge in [0.2, 0.25) is 0 Å². The van der Waals surface area contributed by atoms with Gasteiger partial charge in [0.15, 0.2) is 0 Å². The quantitative estimate of drug-likeness (QED) is 0.465. The second-order valence-electron chi connectivity index (χ2n) is 5.18. The minimum atomic E-state index is 0.879. The van der Waals surface area contributed by atoms with Crippen molar-refractivity contribution in [1.29, 1.82) is 0 Å². The van der Waals surface area contributed by atoms with Gasteiger partial charge in [0.25, 0.3) is 0 Å². The summed E-state index contributed by atoms with van der Waals surface area (Å²) in [6, 6.07) is 10.6. The molecule has 108 valence electrons. The number of alkyl halides is 1. The molecule has 0 saturated carbocycles. The molecule has 0 aliphatic carbocycles. The fourth-order valence-corrected chi connectivity index (χ4v) is 3.76. The molecule has 0 saturated heterocycles. The minimum absolute atomic E-state index is 0.879. The van der Waals surface area contributed by atoms with Crippen molar-refractivity contribution in [1.82, 2.24) is 9.97 Å². The van der Waals surface area contributed by atoms with E-state index in [0.29, 0.717) is 0 Å². The van der Waals surface area contributed by atoms with Crippen LogP contribution < -0.4 is 4.90 Å². The summed E-state index contributed by atoms with van der Waals surface area (Å²) in [5, 5.41) is 1.06. The Labute approximate surface area is 142 Å². The molecule has 0 aliphatic heterocycles. The third-order valence-corrected chi connectivity index (χ3v) is 5.11. The normalized spacial score (nSPS) is 11.0. The maximum atomic E-state index is 4.79. The summed E-state index contributed by atoms with van der Waals surface area (Å²) in [6.07, 6.45) is 0. The summed E-state index contributed by atoms with van der Waals surface area (Å²) in [4.78, 5) is 11.6. The van der Waals surface area contributed by atoms with Crippen LogP contribution in [0.15, 0.2) is 30.3 Å². The molecule has 0 atom stereocenters. The zero-order chi connectivity index (χ0) is 15.0. The fraction of sp³-hybridized carbons (Fsp3) is 0.250. The third kappa shape index (κ3) is 2.89. The number of nitrogens with zero attached hydrogens (tertiary/aromatic N) is 3. The zero-order valence-corrected chi connectivity index (χ0v) is 15.2. The number of pyridine rings is 1. The molecule has 0 spiro atoms. The Morgan fingerprint density at radius 3 is 2.67 bits per heavy atom. The van der Waals surface area contributed by atoms with Gasteiger partial charge < -0.3 is 4.90 Å². The lowest BCUT2D eigenvalue weighted by Crippen LogP contribution is -2.11. The number of halogens is 1. The van der Waals surface area contributed by atoms with E-state index in [9.17, 15) is 0 Å². The highest BCUT2D eigenvalue weighted by atomic mass is 127. The second kappa shape index (κ2) is 5.88. The first-order valence-corrected chi connectivity index (χ1v) is 9.03. The molecule has 2 aromatic heterocycles. The molecular formula is C16H16IN3S. The van der Waals surface area contributed by atoms with Crippen LogP contribution in [-0.4, -0.2) is 24.1 Å². The van der Waals surface area contributed by atoms with E-state index in [4.69, 9.17) is 9.97 Å². The molecule has 0 unspecified atom stereocenters. The van der Waals surface area contributed by atoms with Crippen molar-refractivity contribution in [2.75, 3.05) is 19.0 Å². The largest absolute Gasteiger partial charge is 0.363 e. The number of thiazole rings is 1. The van der Waals surface area contributed by atoms with E-state index in [1.165, 1.54) is 10.3 Å². The van der Waals surface area contributed by atoms with Crippen LogP contribution in [0.1, 0.15) is 11.3 Å². The molecule has 0 N–H and O–H groups in total. The molecule has 2 heterocycles. The summed E-state index contributed by atoms with van der Waals surface area (Å²) in [7, 11) is 4.03. The summed E-state index contributed by atoms with van der Waals surface area (Å²) in [5.41, 5.74) is 4.56. The van der Waals surface area contributed by atoms with Gasteiger partial charge in [-0.1, -0.05) is 28.7 Å². The van der Waals surface area contributed by atoms with Gasteiger partial charge in [0.05, 0.1) is 15.9 Å². The van der Waals surface area contributed by atoms with E-state index >= 15 is 0 Å². The molecule has 0 bridgehead atoms. The zero-order valence-electron chi connectivity index (χ0n) is 12.2. The van der Waals surface area contributed by atoms with E-state index in [1.54, 1.807) is 11.3 Å². The molecular weight excluding hydrogens is 393 g/mol. The number of benzene rings is 1. The van der Waals surface area contributed by atoms with Crippen LogP contribution in [0.2, 0.25) is 0 Å². The number of aromatic nitrogens is 2. The van der Waals surface area contributed by atoms with E-state index in [1.807, 2.05) is 19.0 Å². The van der Waals surface area contributed by atoms with Gasteiger partial charge in [-0.15, -0.1) is 11.3 Å². The summed E-state index contributed by atoms with van der Waals surface area (Å²) in [5.74, 6) is 0.988. The third-order valence-electron chi connectivity index (χ3n) is 3.32.